The van der Waals surface area contributed by atoms with Crippen molar-refractivity contribution >= 4 is 28.0 Å². The first-order chi connectivity index (χ1) is 12.5. The van der Waals surface area contributed by atoms with Gasteiger partial charge in [-0.2, -0.15) is 8.42 Å². The lowest BCUT2D eigenvalue weighted by Crippen LogP contribution is -2.51. The highest BCUT2D eigenvalue weighted by Crippen LogP contribution is 2.62. The summed E-state index contributed by atoms with van der Waals surface area (Å²) in [5.41, 5.74) is -0.602. The molecule has 5 atom stereocenters. The van der Waals surface area contributed by atoms with Crippen LogP contribution in [0.2, 0.25) is 0 Å². The second kappa shape index (κ2) is 6.44. The summed E-state index contributed by atoms with van der Waals surface area (Å²) in [7, 11) is -3.01. The monoisotopic (exact) mass is 403 g/mol. The van der Waals surface area contributed by atoms with Crippen LogP contribution in [0.25, 0.3) is 0 Å². The van der Waals surface area contributed by atoms with Gasteiger partial charge in [-0.15, -0.1) is 0 Å². The van der Waals surface area contributed by atoms with Gasteiger partial charge >= 0.3 is 11.9 Å². The molecule has 2 bridgehead atoms. The van der Waals surface area contributed by atoms with Crippen molar-refractivity contribution in [1.29, 1.82) is 0 Å². The molecule has 5 unspecified atom stereocenters. The Labute approximate surface area is 158 Å². The highest BCUT2D eigenvalue weighted by molar-refractivity contribution is 7.89. The van der Waals surface area contributed by atoms with E-state index in [2.05, 4.69) is 5.32 Å². The van der Waals surface area contributed by atoms with Gasteiger partial charge in [-0.1, -0.05) is 20.8 Å². The van der Waals surface area contributed by atoms with Crippen molar-refractivity contribution in [3.63, 3.8) is 0 Å². The smallest absolute Gasteiger partial charge is 0.330 e. The van der Waals surface area contributed by atoms with E-state index < -0.39 is 50.3 Å². The van der Waals surface area contributed by atoms with E-state index in [0.717, 1.165) is 7.11 Å². The van der Waals surface area contributed by atoms with E-state index in [-0.39, 0.29) is 24.8 Å². The van der Waals surface area contributed by atoms with Crippen LogP contribution in [0.15, 0.2) is 0 Å². The summed E-state index contributed by atoms with van der Waals surface area (Å²) in [5.74, 6) is -2.64. The van der Waals surface area contributed by atoms with E-state index >= 15 is 0 Å². The van der Waals surface area contributed by atoms with E-state index in [4.69, 9.17) is 13.7 Å². The van der Waals surface area contributed by atoms with Crippen LogP contribution in [0.1, 0.15) is 40.0 Å². The van der Waals surface area contributed by atoms with Crippen LogP contribution in [0, 0.1) is 17.3 Å². The predicted molar refractivity (Wildman–Crippen MR) is 91.7 cm³/mol. The minimum Gasteiger partial charge on any atom is -0.468 e. The Balaban J connectivity index is 1.66. The highest BCUT2D eigenvalue weighted by Gasteiger charge is 2.77. The van der Waals surface area contributed by atoms with Crippen molar-refractivity contribution < 1.29 is 36.5 Å². The van der Waals surface area contributed by atoms with Crippen molar-refractivity contribution in [2.75, 3.05) is 13.7 Å². The Hall–Kier alpha value is -1.68. The number of amides is 1. The molecule has 1 heterocycles. The van der Waals surface area contributed by atoms with E-state index in [1.807, 2.05) is 6.92 Å². The Morgan fingerprint density at radius 2 is 1.96 bits per heavy atom. The lowest BCUT2D eigenvalue weighted by Gasteiger charge is -2.30. The van der Waals surface area contributed by atoms with Crippen LogP contribution in [0.4, 0.5) is 0 Å². The first kappa shape index (κ1) is 20.1. The van der Waals surface area contributed by atoms with Crippen molar-refractivity contribution in [3.05, 3.63) is 0 Å². The molecule has 0 spiro atoms. The fourth-order valence-electron chi connectivity index (χ4n) is 4.35. The zero-order valence-corrected chi connectivity index (χ0v) is 16.6. The number of carbonyl (C=O) groups excluding carboxylic acids is 3. The van der Waals surface area contributed by atoms with E-state index in [9.17, 15) is 22.8 Å². The molecule has 3 fully saturated rings. The molecular weight excluding hydrogens is 378 g/mol. The molecule has 1 aliphatic heterocycles. The maximum atomic E-state index is 12.5. The fraction of sp³-hybridized carbons (Fsp3) is 0.824. The van der Waals surface area contributed by atoms with Gasteiger partial charge in [0.25, 0.3) is 10.1 Å². The Morgan fingerprint density at radius 1 is 1.30 bits per heavy atom. The zero-order chi connectivity index (χ0) is 20.2. The third-order valence-electron chi connectivity index (χ3n) is 6.28. The quantitative estimate of drug-likeness (QED) is 0.490. The molecule has 3 aliphatic rings. The van der Waals surface area contributed by atoms with Gasteiger partial charge in [0.1, 0.15) is 18.8 Å². The van der Waals surface area contributed by atoms with Gasteiger partial charge < -0.3 is 14.8 Å². The predicted octanol–water partition coefficient (Wildman–Crippen LogP) is 0.131. The number of fused-ring (bicyclic) bond motifs is 1. The molecule has 0 aromatic heterocycles. The van der Waals surface area contributed by atoms with Gasteiger partial charge in [0.05, 0.1) is 7.11 Å². The number of hydrogen-bond donors (Lipinski definition) is 1. The highest BCUT2D eigenvalue weighted by atomic mass is 32.2. The van der Waals surface area contributed by atoms with Gasteiger partial charge in [0, 0.05) is 17.3 Å². The number of ether oxygens (including phenoxy) is 2. The average Bonchev–Trinajstić information content (AvgIpc) is 3.20. The molecule has 2 saturated carbocycles. The van der Waals surface area contributed by atoms with Crippen LogP contribution in [-0.4, -0.2) is 56.9 Å². The van der Waals surface area contributed by atoms with Gasteiger partial charge in [0.2, 0.25) is 5.91 Å². The molecule has 0 aromatic rings. The fourth-order valence-corrected chi connectivity index (χ4v) is 6.36. The molecular formula is C17H25NO8S. The van der Waals surface area contributed by atoms with Crippen LogP contribution in [-0.2, 0) is 38.2 Å². The minimum absolute atomic E-state index is 0.0103. The SMILES string of the molecule is CCC(C)(C)C(=O)NCC(=O)OC1C2CC3C1OS(=O)(=O)C3(C(=O)OC)C2. The summed E-state index contributed by atoms with van der Waals surface area (Å²) < 4.78 is 38.6. The lowest BCUT2D eigenvalue weighted by atomic mass is 9.84. The number of carbonyl (C=O) groups is 3. The summed E-state index contributed by atoms with van der Waals surface area (Å²) in [6.45, 7) is 5.11. The Morgan fingerprint density at radius 3 is 2.56 bits per heavy atom. The third kappa shape index (κ3) is 2.84. The van der Waals surface area contributed by atoms with Gasteiger partial charge in [-0.05, 0) is 19.3 Å². The van der Waals surface area contributed by atoms with E-state index in [1.165, 1.54) is 0 Å². The Kier molecular flexibility index (Phi) is 4.79. The third-order valence-corrected chi connectivity index (χ3v) is 8.28. The molecule has 1 N–H and O–H groups in total. The molecule has 9 nitrogen and oxygen atoms in total. The van der Waals surface area contributed by atoms with E-state index in [0.29, 0.717) is 12.8 Å². The Bertz CT molecular complexity index is 776. The van der Waals surface area contributed by atoms with Crippen LogP contribution in [0.5, 0.6) is 0 Å². The first-order valence-electron chi connectivity index (χ1n) is 8.99. The van der Waals surface area contributed by atoms with Crippen LogP contribution < -0.4 is 5.32 Å². The summed E-state index contributed by atoms with van der Waals surface area (Å²) in [5, 5.41) is 2.54. The molecule has 0 radical (unpaired) electrons. The van der Waals surface area contributed by atoms with Gasteiger partial charge in [0.15, 0.2) is 4.75 Å². The molecule has 2 aliphatic carbocycles. The van der Waals surface area contributed by atoms with Crippen LogP contribution >= 0.6 is 0 Å². The zero-order valence-electron chi connectivity index (χ0n) is 15.8. The second-order valence-electron chi connectivity index (χ2n) is 8.08. The summed E-state index contributed by atoms with van der Waals surface area (Å²) in [4.78, 5) is 36.4. The number of rotatable bonds is 6. The standard InChI is InChI=1S/C17H25NO8S/c1-5-16(2,3)14(20)18-8-11(19)25-12-9-6-10-13(12)26-27(22,23)17(10,7-9)15(21)24-4/h9-10,12-13H,5-8H2,1-4H3,(H,18,20). The van der Waals surface area contributed by atoms with E-state index in [1.54, 1.807) is 13.8 Å². The van der Waals surface area contributed by atoms with Gasteiger partial charge in [-0.25, -0.2) is 0 Å². The average molecular weight is 403 g/mol. The molecule has 3 rings (SSSR count). The van der Waals surface area contributed by atoms with Crippen molar-refractivity contribution in [1.82, 2.24) is 5.32 Å². The maximum Gasteiger partial charge on any atom is 0.330 e. The minimum atomic E-state index is -4.16. The summed E-state index contributed by atoms with van der Waals surface area (Å²) >= 11 is 0. The summed E-state index contributed by atoms with van der Waals surface area (Å²) in [6, 6.07) is 0. The normalized spacial score (nSPS) is 35.7. The molecule has 10 heteroatoms. The number of nitrogens with one attached hydrogen (secondary N) is 1. The van der Waals surface area contributed by atoms with Gasteiger partial charge in [-0.3, -0.25) is 18.6 Å². The summed E-state index contributed by atoms with van der Waals surface area (Å²) in [6.07, 6.45) is -0.611. The van der Waals surface area contributed by atoms with Crippen molar-refractivity contribution in [3.8, 4) is 0 Å². The largest absolute Gasteiger partial charge is 0.468 e. The molecule has 152 valence electrons. The van der Waals surface area contributed by atoms with Crippen molar-refractivity contribution in [2.45, 2.75) is 57.0 Å². The molecule has 1 saturated heterocycles. The maximum absolute atomic E-state index is 12.5. The number of hydrogen-bond acceptors (Lipinski definition) is 8. The number of esters is 2. The molecule has 0 aromatic carbocycles. The molecule has 27 heavy (non-hydrogen) atoms. The van der Waals surface area contributed by atoms with Crippen LogP contribution in [0.3, 0.4) is 0 Å². The number of methoxy groups -OCH3 is 1. The van der Waals surface area contributed by atoms with Crippen molar-refractivity contribution in [2.24, 2.45) is 17.3 Å². The second-order valence-corrected chi connectivity index (χ2v) is 9.91. The lowest BCUT2D eigenvalue weighted by molar-refractivity contribution is -0.157. The topological polar surface area (TPSA) is 125 Å². The molecule has 1 amide bonds. The first-order valence-corrected chi connectivity index (χ1v) is 10.4.